The van der Waals surface area contributed by atoms with Crippen LogP contribution in [-0.4, -0.2) is 11.1 Å². The minimum absolute atomic E-state index is 0.169. The van der Waals surface area contributed by atoms with Gasteiger partial charge in [0.25, 0.3) is 0 Å². The van der Waals surface area contributed by atoms with Gasteiger partial charge in [-0.15, -0.1) is 0 Å². The number of nitrogens with zero attached hydrogens (tertiary/aromatic N) is 1. The quantitative estimate of drug-likeness (QED) is 0.779. The Balaban J connectivity index is 2.09. The van der Waals surface area contributed by atoms with E-state index in [4.69, 9.17) is 11.6 Å². The molecule has 2 nitrogen and oxygen atoms in total. The summed E-state index contributed by atoms with van der Waals surface area (Å²) >= 11 is 5.71. The van der Waals surface area contributed by atoms with Crippen LogP contribution in [0.4, 0.5) is 4.39 Å². The number of hydrogen-bond donors (Lipinski definition) is 1. The lowest BCUT2D eigenvalue weighted by Gasteiger charge is -2.15. The molecule has 1 unspecified atom stereocenters. The van der Waals surface area contributed by atoms with Crippen LogP contribution in [0.25, 0.3) is 0 Å². The van der Waals surface area contributed by atoms with Gasteiger partial charge in [0, 0.05) is 25.0 Å². The molecule has 0 spiro atoms. The van der Waals surface area contributed by atoms with Crippen LogP contribution in [-0.2, 0) is 6.54 Å². The highest BCUT2D eigenvalue weighted by Crippen LogP contribution is 2.20. The first-order valence-corrected chi connectivity index (χ1v) is 7.84. The summed E-state index contributed by atoms with van der Waals surface area (Å²) in [5.41, 5.74) is 2.20. The minimum Gasteiger partial charge on any atom is -0.350 e. The van der Waals surface area contributed by atoms with Crippen molar-refractivity contribution >= 4 is 11.6 Å². The van der Waals surface area contributed by atoms with Gasteiger partial charge in [0.05, 0.1) is 5.02 Å². The first kappa shape index (κ1) is 16.1. The topological polar surface area (TPSA) is 17.0 Å². The van der Waals surface area contributed by atoms with Crippen molar-refractivity contribution in [2.24, 2.45) is 0 Å². The van der Waals surface area contributed by atoms with Gasteiger partial charge in [-0.1, -0.05) is 37.9 Å². The maximum atomic E-state index is 13.5. The molecule has 0 aliphatic carbocycles. The van der Waals surface area contributed by atoms with Crippen LogP contribution in [0.3, 0.4) is 0 Å². The standard InChI is InChI=1S/C17H22ClFN2/c1-3-5-17(20-4-2)14-8-9-21(12-14)11-13-6-7-15(18)16(19)10-13/h6-10,12,17,20H,3-5,11H2,1-2H3. The van der Waals surface area contributed by atoms with Gasteiger partial charge < -0.3 is 9.88 Å². The van der Waals surface area contributed by atoms with E-state index in [0.717, 1.165) is 24.9 Å². The molecule has 2 rings (SSSR count). The molecule has 1 atom stereocenters. The third-order valence-corrected chi connectivity index (χ3v) is 3.86. The number of rotatable bonds is 7. The largest absolute Gasteiger partial charge is 0.350 e. The first-order chi connectivity index (χ1) is 10.1. The van der Waals surface area contributed by atoms with Gasteiger partial charge in [-0.05, 0) is 42.3 Å². The van der Waals surface area contributed by atoms with Crippen molar-refractivity contribution in [1.29, 1.82) is 0 Å². The van der Waals surface area contributed by atoms with Crippen LogP contribution in [0.15, 0.2) is 36.7 Å². The fraction of sp³-hybridized carbons (Fsp3) is 0.412. The zero-order chi connectivity index (χ0) is 15.2. The van der Waals surface area contributed by atoms with Gasteiger partial charge >= 0.3 is 0 Å². The van der Waals surface area contributed by atoms with Gasteiger partial charge in [-0.3, -0.25) is 0 Å². The molecule has 0 saturated heterocycles. The first-order valence-electron chi connectivity index (χ1n) is 7.47. The fourth-order valence-corrected chi connectivity index (χ4v) is 2.65. The Bertz CT molecular complexity index is 574. The number of nitrogens with one attached hydrogen (secondary N) is 1. The zero-order valence-corrected chi connectivity index (χ0v) is 13.3. The highest BCUT2D eigenvalue weighted by molar-refractivity contribution is 6.30. The predicted octanol–water partition coefficient (Wildman–Crippen LogP) is 4.78. The summed E-state index contributed by atoms with van der Waals surface area (Å²) in [6, 6.07) is 7.49. The normalized spacial score (nSPS) is 12.6. The summed E-state index contributed by atoms with van der Waals surface area (Å²) in [5.74, 6) is -0.363. The van der Waals surface area contributed by atoms with E-state index in [-0.39, 0.29) is 10.8 Å². The van der Waals surface area contributed by atoms with E-state index in [1.807, 2.05) is 12.3 Å². The van der Waals surface area contributed by atoms with E-state index in [0.29, 0.717) is 12.6 Å². The van der Waals surface area contributed by atoms with Crippen molar-refractivity contribution in [3.05, 3.63) is 58.6 Å². The molecular weight excluding hydrogens is 287 g/mol. The SMILES string of the molecule is CCCC(NCC)c1ccn(Cc2ccc(Cl)c(F)c2)c1. The highest BCUT2D eigenvalue weighted by atomic mass is 35.5. The van der Waals surface area contributed by atoms with Gasteiger partial charge in [-0.25, -0.2) is 4.39 Å². The molecule has 21 heavy (non-hydrogen) atoms. The summed E-state index contributed by atoms with van der Waals surface area (Å²) in [6.07, 6.45) is 6.44. The van der Waals surface area contributed by atoms with E-state index < -0.39 is 0 Å². The lowest BCUT2D eigenvalue weighted by molar-refractivity contribution is 0.508. The monoisotopic (exact) mass is 308 g/mol. The predicted molar refractivity (Wildman–Crippen MR) is 86.3 cm³/mol. The Labute approximate surface area is 130 Å². The molecular formula is C17H22ClFN2. The van der Waals surface area contributed by atoms with E-state index in [2.05, 4.69) is 36.0 Å². The number of benzene rings is 1. The Kier molecular flexibility index (Phi) is 5.83. The molecule has 0 amide bonds. The van der Waals surface area contributed by atoms with Crippen molar-refractivity contribution in [3.63, 3.8) is 0 Å². The van der Waals surface area contributed by atoms with Crippen molar-refractivity contribution in [1.82, 2.24) is 9.88 Å². The average Bonchev–Trinajstić information content (AvgIpc) is 2.91. The molecule has 2 aromatic rings. The third kappa shape index (κ3) is 4.32. The highest BCUT2D eigenvalue weighted by Gasteiger charge is 2.10. The Morgan fingerprint density at radius 3 is 2.76 bits per heavy atom. The molecule has 1 aromatic carbocycles. The number of aromatic nitrogens is 1. The smallest absolute Gasteiger partial charge is 0.142 e. The molecule has 0 bridgehead atoms. The van der Waals surface area contributed by atoms with E-state index in [1.165, 1.54) is 11.6 Å². The number of hydrogen-bond acceptors (Lipinski definition) is 1. The second-order valence-corrected chi connectivity index (χ2v) is 5.67. The van der Waals surface area contributed by atoms with Gasteiger partial charge in [0.1, 0.15) is 5.82 Å². The minimum atomic E-state index is -0.363. The Morgan fingerprint density at radius 2 is 2.10 bits per heavy atom. The van der Waals surface area contributed by atoms with Crippen molar-refractivity contribution < 1.29 is 4.39 Å². The van der Waals surface area contributed by atoms with Crippen LogP contribution >= 0.6 is 11.6 Å². The Morgan fingerprint density at radius 1 is 1.29 bits per heavy atom. The molecule has 0 fully saturated rings. The Hall–Kier alpha value is -1.32. The molecule has 1 N–H and O–H groups in total. The van der Waals surface area contributed by atoms with Crippen LogP contribution in [0.1, 0.15) is 43.9 Å². The molecule has 0 aliphatic heterocycles. The number of halogens is 2. The van der Waals surface area contributed by atoms with E-state index in [9.17, 15) is 4.39 Å². The van der Waals surface area contributed by atoms with E-state index in [1.54, 1.807) is 6.07 Å². The van der Waals surface area contributed by atoms with Crippen molar-refractivity contribution in [2.75, 3.05) is 6.54 Å². The summed E-state index contributed by atoms with van der Waals surface area (Å²) in [6.45, 7) is 5.92. The molecule has 1 heterocycles. The summed E-state index contributed by atoms with van der Waals surface area (Å²) in [7, 11) is 0. The lowest BCUT2D eigenvalue weighted by atomic mass is 10.1. The van der Waals surface area contributed by atoms with Crippen LogP contribution < -0.4 is 5.32 Å². The summed E-state index contributed by atoms with van der Waals surface area (Å²) in [4.78, 5) is 0. The third-order valence-electron chi connectivity index (χ3n) is 3.55. The molecule has 0 radical (unpaired) electrons. The maximum absolute atomic E-state index is 13.5. The fourth-order valence-electron chi connectivity index (χ4n) is 2.53. The van der Waals surface area contributed by atoms with Crippen LogP contribution in [0.2, 0.25) is 5.02 Å². The lowest BCUT2D eigenvalue weighted by Crippen LogP contribution is -2.20. The van der Waals surface area contributed by atoms with E-state index >= 15 is 0 Å². The van der Waals surface area contributed by atoms with Gasteiger partial charge in [0.15, 0.2) is 0 Å². The van der Waals surface area contributed by atoms with Gasteiger partial charge in [-0.2, -0.15) is 0 Å². The second kappa shape index (κ2) is 7.62. The molecule has 1 aromatic heterocycles. The van der Waals surface area contributed by atoms with Gasteiger partial charge in [0.2, 0.25) is 0 Å². The second-order valence-electron chi connectivity index (χ2n) is 5.26. The zero-order valence-electron chi connectivity index (χ0n) is 12.6. The molecule has 4 heteroatoms. The van der Waals surface area contributed by atoms with Crippen LogP contribution in [0, 0.1) is 5.82 Å². The summed E-state index contributed by atoms with van der Waals surface area (Å²) < 4.78 is 15.5. The molecule has 0 saturated carbocycles. The average molecular weight is 309 g/mol. The molecule has 0 aliphatic rings. The van der Waals surface area contributed by atoms with Crippen molar-refractivity contribution in [3.8, 4) is 0 Å². The molecule has 114 valence electrons. The maximum Gasteiger partial charge on any atom is 0.142 e. The van der Waals surface area contributed by atoms with Crippen LogP contribution in [0.5, 0.6) is 0 Å². The van der Waals surface area contributed by atoms with Crippen molar-refractivity contribution in [2.45, 2.75) is 39.3 Å². The summed E-state index contributed by atoms with van der Waals surface area (Å²) in [5, 5.41) is 3.67.